The molecule has 0 aliphatic rings. The van der Waals surface area contributed by atoms with Crippen molar-refractivity contribution in [3.8, 4) is 23.1 Å². The van der Waals surface area contributed by atoms with E-state index in [2.05, 4.69) is 11.2 Å². The Kier molecular flexibility index (Phi) is 5.41. The Hall–Kier alpha value is -3.27. The molecule has 0 radical (unpaired) electrons. The summed E-state index contributed by atoms with van der Waals surface area (Å²) in [4.78, 5) is 0. The summed E-state index contributed by atoms with van der Waals surface area (Å²) >= 11 is 0. The van der Waals surface area contributed by atoms with Gasteiger partial charge in [-0.05, 0) is 49.2 Å². The molecule has 0 saturated carbocycles. The molecular weight excluding hydrogens is 369 g/mol. The van der Waals surface area contributed by atoms with E-state index in [1.807, 2.05) is 19.1 Å². The van der Waals surface area contributed by atoms with Crippen LogP contribution >= 0.6 is 0 Å². The Bertz CT molecular complexity index is 1020. The van der Waals surface area contributed by atoms with E-state index < -0.39 is 11.7 Å². The average Bonchev–Trinajstić information content (AvgIpc) is 3.02. The lowest BCUT2D eigenvalue weighted by atomic mass is 10.1. The van der Waals surface area contributed by atoms with E-state index in [0.29, 0.717) is 34.8 Å². The second-order valence-electron chi connectivity index (χ2n) is 6.37. The quantitative estimate of drug-likeness (QED) is 0.571. The van der Waals surface area contributed by atoms with Gasteiger partial charge in [0.05, 0.1) is 18.1 Å². The third-order valence-electron chi connectivity index (χ3n) is 4.45. The Morgan fingerprint density at radius 2 is 1.82 bits per heavy atom. The summed E-state index contributed by atoms with van der Waals surface area (Å²) in [5.41, 5.74) is 2.97. The highest BCUT2D eigenvalue weighted by Gasteiger charge is 2.30. The first-order valence-electron chi connectivity index (χ1n) is 8.51. The van der Waals surface area contributed by atoms with Crippen LogP contribution in [-0.4, -0.2) is 5.16 Å². The summed E-state index contributed by atoms with van der Waals surface area (Å²) in [5.74, 6) is 1.05. The second kappa shape index (κ2) is 7.77. The van der Waals surface area contributed by atoms with Gasteiger partial charge in [-0.25, -0.2) is 0 Å². The van der Waals surface area contributed by atoms with Gasteiger partial charge in [0.1, 0.15) is 18.1 Å². The molecule has 0 unspecified atom stereocenters. The number of halogens is 3. The third-order valence-corrected chi connectivity index (χ3v) is 4.45. The Morgan fingerprint density at radius 1 is 1.11 bits per heavy atom. The van der Waals surface area contributed by atoms with E-state index in [9.17, 15) is 13.2 Å². The van der Waals surface area contributed by atoms with Crippen LogP contribution in [0.15, 0.2) is 47.0 Å². The summed E-state index contributed by atoms with van der Waals surface area (Å²) in [6.45, 7) is 3.85. The number of hydrogen-bond donors (Lipinski definition) is 0. The smallest absolute Gasteiger partial charge is 0.416 e. The fourth-order valence-electron chi connectivity index (χ4n) is 2.78. The fourth-order valence-corrected chi connectivity index (χ4v) is 2.78. The largest absolute Gasteiger partial charge is 0.487 e. The van der Waals surface area contributed by atoms with Crippen molar-refractivity contribution in [2.45, 2.75) is 33.1 Å². The molecule has 0 bridgehead atoms. The number of rotatable bonds is 5. The highest BCUT2D eigenvalue weighted by Crippen LogP contribution is 2.32. The summed E-state index contributed by atoms with van der Waals surface area (Å²) in [6.07, 6.45) is -4.04. The van der Waals surface area contributed by atoms with E-state index in [-0.39, 0.29) is 6.61 Å². The zero-order valence-corrected chi connectivity index (χ0v) is 15.3. The molecular formula is C21H17F3N2O2. The van der Waals surface area contributed by atoms with Crippen LogP contribution in [0.25, 0.3) is 11.3 Å². The van der Waals surface area contributed by atoms with Gasteiger partial charge in [-0.2, -0.15) is 18.4 Å². The number of aromatic nitrogens is 1. The van der Waals surface area contributed by atoms with Crippen LogP contribution in [0.1, 0.15) is 27.9 Å². The SMILES string of the molecule is Cc1cc(OCc2noc(-c3ccc(C(F)(F)F)cc3)c2C)ccc1CC#N. The van der Waals surface area contributed by atoms with Crippen molar-refractivity contribution in [3.63, 3.8) is 0 Å². The van der Waals surface area contributed by atoms with Gasteiger partial charge < -0.3 is 9.26 Å². The highest BCUT2D eigenvalue weighted by atomic mass is 19.4. The van der Waals surface area contributed by atoms with Gasteiger partial charge in [0.2, 0.25) is 0 Å². The molecule has 0 atom stereocenters. The standard InChI is InChI=1S/C21H17F3N2O2/c1-13-11-18(8-5-15(13)9-10-25)27-12-19-14(2)20(28-26-19)16-3-6-17(7-4-16)21(22,23)24/h3-8,11H,9,12H2,1-2H3. The lowest BCUT2D eigenvalue weighted by Gasteiger charge is -2.08. The van der Waals surface area contributed by atoms with Crippen molar-refractivity contribution in [1.29, 1.82) is 5.26 Å². The first-order valence-corrected chi connectivity index (χ1v) is 8.51. The van der Waals surface area contributed by atoms with Gasteiger partial charge in [-0.15, -0.1) is 0 Å². The fraction of sp³-hybridized carbons (Fsp3) is 0.238. The molecule has 1 heterocycles. The van der Waals surface area contributed by atoms with Crippen LogP contribution in [0.5, 0.6) is 5.75 Å². The summed E-state index contributed by atoms with van der Waals surface area (Å²) in [7, 11) is 0. The maximum atomic E-state index is 12.7. The summed E-state index contributed by atoms with van der Waals surface area (Å²) in [5, 5.41) is 12.8. The predicted molar refractivity (Wildman–Crippen MR) is 96.5 cm³/mol. The molecule has 28 heavy (non-hydrogen) atoms. The number of hydrogen-bond acceptors (Lipinski definition) is 4. The van der Waals surface area contributed by atoms with E-state index in [4.69, 9.17) is 14.5 Å². The monoisotopic (exact) mass is 386 g/mol. The normalized spacial score (nSPS) is 11.3. The number of nitrogens with zero attached hydrogens (tertiary/aromatic N) is 2. The van der Waals surface area contributed by atoms with E-state index in [1.165, 1.54) is 12.1 Å². The van der Waals surface area contributed by atoms with Gasteiger partial charge in [-0.3, -0.25) is 0 Å². The average molecular weight is 386 g/mol. The Morgan fingerprint density at radius 3 is 2.43 bits per heavy atom. The van der Waals surface area contributed by atoms with Crippen LogP contribution in [0.4, 0.5) is 13.2 Å². The van der Waals surface area contributed by atoms with Crippen molar-refractivity contribution < 1.29 is 22.4 Å². The van der Waals surface area contributed by atoms with Gasteiger partial charge in [0, 0.05) is 11.1 Å². The van der Waals surface area contributed by atoms with Crippen LogP contribution in [0.2, 0.25) is 0 Å². The lowest BCUT2D eigenvalue weighted by Crippen LogP contribution is -2.04. The molecule has 0 fully saturated rings. The molecule has 0 saturated heterocycles. The molecule has 144 valence electrons. The van der Waals surface area contributed by atoms with Crippen LogP contribution in [-0.2, 0) is 19.2 Å². The predicted octanol–water partition coefficient (Wildman–Crippen LogP) is 5.62. The van der Waals surface area contributed by atoms with E-state index in [0.717, 1.165) is 23.3 Å². The first-order chi connectivity index (χ1) is 13.3. The van der Waals surface area contributed by atoms with E-state index >= 15 is 0 Å². The molecule has 0 aliphatic carbocycles. The molecule has 0 N–H and O–H groups in total. The third kappa shape index (κ3) is 4.17. The minimum absolute atomic E-state index is 0.160. The zero-order valence-electron chi connectivity index (χ0n) is 15.3. The summed E-state index contributed by atoms with van der Waals surface area (Å²) in [6, 6.07) is 12.3. The molecule has 0 amide bonds. The minimum atomic E-state index is -4.38. The molecule has 3 rings (SSSR count). The topological polar surface area (TPSA) is 59.1 Å². The lowest BCUT2D eigenvalue weighted by molar-refractivity contribution is -0.137. The number of ether oxygens (including phenoxy) is 1. The Balaban J connectivity index is 1.73. The van der Waals surface area contributed by atoms with Crippen LogP contribution in [0, 0.1) is 25.2 Å². The number of nitriles is 1. The highest BCUT2D eigenvalue weighted by molar-refractivity contribution is 5.62. The number of aryl methyl sites for hydroxylation is 1. The molecule has 0 aliphatic heterocycles. The second-order valence-corrected chi connectivity index (χ2v) is 6.37. The Labute approximate surface area is 160 Å². The maximum absolute atomic E-state index is 12.7. The van der Waals surface area contributed by atoms with Crippen LogP contribution < -0.4 is 4.74 Å². The minimum Gasteiger partial charge on any atom is -0.487 e. The molecule has 1 aromatic heterocycles. The molecule has 0 spiro atoms. The maximum Gasteiger partial charge on any atom is 0.416 e. The van der Waals surface area contributed by atoms with Gasteiger partial charge in [0.15, 0.2) is 5.76 Å². The van der Waals surface area contributed by atoms with Gasteiger partial charge >= 0.3 is 6.18 Å². The van der Waals surface area contributed by atoms with Gasteiger partial charge in [-0.1, -0.05) is 23.4 Å². The molecule has 4 nitrogen and oxygen atoms in total. The zero-order chi connectivity index (χ0) is 20.3. The van der Waals surface area contributed by atoms with Crippen LogP contribution in [0.3, 0.4) is 0 Å². The van der Waals surface area contributed by atoms with Crippen molar-refractivity contribution in [2.75, 3.05) is 0 Å². The van der Waals surface area contributed by atoms with Gasteiger partial charge in [0.25, 0.3) is 0 Å². The molecule has 2 aromatic carbocycles. The van der Waals surface area contributed by atoms with Crippen molar-refractivity contribution in [3.05, 3.63) is 70.4 Å². The van der Waals surface area contributed by atoms with E-state index in [1.54, 1.807) is 13.0 Å². The number of alkyl halides is 3. The summed E-state index contributed by atoms with van der Waals surface area (Å²) < 4.78 is 49.2. The number of benzene rings is 2. The van der Waals surface area contributed by atoms with Crippen molar-refractivity contribution in [2.24, 2.45) is 0 Å². The molecule has 3 aromatic rings. The molecule has 7 heteroatoms. The van der Waals surface area contributed by atoms with Crippen molar-refractivity contribution in [1.82, 2.24) is 5.16 Å². The first kappa shape index (κ1) is 19.5. The van der Waals surface area contributed by atoms with Crippen molar-refractivity contribution >= 4 is 0 Å².